The zero-order valence-electron chi connectivity index (χ0n) is 14.8. The molecule has 24 heavy (non-hydrogen) atoms. The van der Waals surface area contributed by atoms with E-state index in [9.17, 15) is 0 Å². The Kier molecular flexibility index (Phi) is 8.79. The van der Waals surface area contributed by atoms with Crippen LogP contribution < -0.4 is 0 Å². The second kappa shape index (κ2) is 10.9. The molecular weight excluding hydrogens is 330 g/mol. The SMILES string of the molecule is CC(C)SCC(CCS)N(Cc1ccccc1)Cc1ccccc1. The molecule has 0 aliphatic carbocycles. The van der Waals surface area contributed by atoms with Crippen molar-refractivity contribution in [1.29, 1.82) is 0 Å². The summed E-state index contributed by atoms with van der Waals surface area (Å²) >= 11 is 6.57. The highest BCUT2D eigenvalue weighted by molar-refractivity contribution is 7.99. The second-order valence-electron chi connectivity index (χ2n) is 6.42. The van der Waals surface area contributed by atoms with Crippen LogP contribution in [-0.4, -0.2) is 27.7 Å². The lowest BCUT2D eigenvalue weighted by Crippen LogP contribution is -2.37. The Bertz CT molecular complexity index is 515. The number of benzene rings is 2. The molecule has 1 nitrogen and oxygen atoms in total. The van der Waals surface area contributed by atoms with E-state index in [-0.39, 0.29) is 0 Å². The minimum Gasteiger partial charge on any atom is -0.291 e. The van der Waals surface area contributed by atoms with Crippen LogP contribution in [0.4, 0.5) is 0 Å². The average molecular weight is 360 g/mol. The third kappa shape index (κ3) is 6.92. The molecule has 1 unspecified atom stereocenters. The van der Waals surface area contributed by atoms with Gasteiger partial charge in [-0.05, 0) is 28.6 Å². The number of hydrogen-bond acceptors (Lipinski definition) is 3. The first-order chi connectivity index (χ1) is 11.7. The smallest absolute Gasteiger partial charge is 0.0240 e. The Hall–Kier alpha value is -0.900. The molecule has 1 atom stereocenters. The summed E-state index contributed by atoms with van der Waals surface area (Å²) in [6.07, 6.45) is 1.13. The number of hydrogen-bond donors (Lipinski definition) is 1. The van der Waals surface area contributed by atoms with Gasteiger partial charge < -0.3 is 0 Å². The van der Waals surface area contributed by atoms with Gasteiger partial charge in [-0.15, -0.1) is 0 Å². The zero-order chi connectivity index (χ0) is 17.2. The van der Waals surface area contributed by atoms with Crippen molar-refractivity contribution < 1.29 is 0 Å². The van der Waals surface area contributed by atoms with Crippen molar-refractivity contribution in [2.45, 2.75) is 44.6 Å². The molecule has 0 aromatic heterocycles. The molecule has 3 heteroatoms. The van der Waals surface area contributed by atoms with Crippen molar-refractivity contribution in [2.75, 3.05) is 11.5 Å². The van der Waals surface area contributed by atoms with Crippen molar-refractivity contribution in [3.63, 3.8) is 0 Å². The largest absolute Gasteiger partial charge is 0.291 e. The standard InChI is InChI=1S/C21H29NS2/c1-18(2)24-17-21(13-14-23)22(15-19-9-5-3-6-10-19)16-20-11-7-4-8-12-20/h3-12,18,21,23H,13-17H2,1-2H3. The van der Waals surface area contributed by atoms with E-state index in [1.54, 1.807) is 0 Å². The number of thioether (sulfide) groups is 1. The zero-order valence-corrected chi connectivity index (χ0v) is 16.5. The molecule has 0 N–H and O–H groups in total. The highest BCUT2D eigenvalue weighted by atomic mass is 32.2. The van der Waals surface area contributed by atoms with Crippen LogP contribution in [0.25, 0.3) is 0 Å². The van der Waals surface area contributed by atoms with Crippen LogP contribution in [0.1, 0.15) is 31.4 Å². The Labute approximate surface area is 157 Å². The summed E-state index contributed by atoms with van der Waals surface area (Å²) in [6.45, 7) is 6.54. The molecule has 2 aromatic rings. The molecular formula is C21H29NS2. The predicted octanol–water partition coefficient (Wildman–Crippen LogP) is 5.52. The van der Waals surface area contributed by atoms with E-state index in [0.717, 1.165) is 31.0 Å². The number of nitrogens with zero attached hydrogens (tertiary/aromatic N) is 1. The van der Waals surface area contributed by atoms with Gasteiger partial charge in [-0.2, -0.15) is 24.4 Å². The summed E-state index contributed by atoms with van der Waals surface area (Å²) in [7, 11) is 0. The van der Waals surface area contributed by atoms with Gasteiger partial charge in [-0.3, -0.25) is 4.90 Å². The van der Waals surface area contributed by atoms with Crippen LogP contribution in [0, 0.1) is 0 Å². The quantitative estimate of drug-likeness (QED) is 0.556. The van der Waals surface area contributed by atoms with Gasteiger partial charge in [0, 0.05) is 24.9 Å². The van der Waals surface area contributed by atoms with Gasteiger partial charge in [0.2, 0.25) is 0 Å². The summed E-state index contributed by atoms with van der Waals surface area (Å²) in [5.74, 6) is 2.10. The van der Waals surface area contributed by atoms with Crippen LogP contribution in [0.15, 0.2) is 60.7 Å². The first-order valence-electron chi connectivity index (χ1n) is 8.73. The van der Waals surface area contributed by atoms with E-state index >= 15 is 0 Å². The summed E-state index contributed by atoms with van der Waals surface area (Å²) < 4.78 is 0. The molecule has 0 fully saturated rings. The van der Waals surface area contributed by atoms with Crippen molar-refractivity contribution in [3.8, 4) is 0 Å². The Morgan fingerprint density at radius 3 is 1.79 bits per heavy atom. The van der Waals surface area contributed by atoms with E-state index in [0.29, 0.717) is 11.3 Å². The first-order valence-corrected chi connectivity index (χ1v) is 10.4. The van der Waals surface area contributed by atoms with Gasteiger partial charge in [-0.25, -0.2) is 0 Å². The maximum atomic E-state index is 4.52. The minimum atomic E-state index is 0.551. The molecule has 0 spiro atoms. The lowest BCUT2D eigenvalue weighted by atomic mass is 10.1. The summed E-state index contributed by atoms with van der Waals surface area (Å²) in [4.78, 5) is 2.62. The number of thiol groups is 1. The van der Waals surface area contributed by atoms with Crippen molar-refractivity contribution in [2.24, 2.45) is 0 Å². The van der Waals surface area contributed by atoms with E-state index in [1.165, 1.54) is 11.1 Å². The Morgan fingerprint density at radius 1 is 0.875 bits per heavy atom. The molecule has 0 bridgehead atoms. The summed E-state index contributed by atoms with van der Waals surface area (Å²) in [5, 5.41) is 0.669. The van der Waals surface area contributed by atoms with Crippen LogP contribution >= 0.6 is 24.4 Å². The first kappa shape index (κ1) is 19.4. The van der Waals surface area contributed by atoms with Crippen LogP contribution in [-0.2, 0) is 13.1 Å². The minimum absolute atomic E-state index is 0.551. The fourth-order valence-electron chi connectivity index (χ4n) is 2.77. The molecule has 0 aliphatic rings. The summed E-state index contributed by atoms with van der Waals surface area (Å²) in [5.41, 5.74) is 2.76. The fraction of sp³-hybridized carbons (Fsp3) is 0.429. The average Bonchev–Trinajstić information content (AvgIpc) is 2.60. The second-order valence-corrected chi connectivity index (χ2v) is 8.48. The Morgan fingerprint density at radius 2 is 1.38 bits per heavy atom. The molecule has 2 rings (SSSR count). The topological polar surface area (TPSA) is 3.24 Å². The summed E-state index contributed by atoms with van der Waals surface area (Å²) in [6, 6.07) is 22.2. The molecule has 0 aliphatic heterocycles. The van der Waals surface area contributed by atoms with Crippen LogP contribution in [0.2, 0.25) is 0 Å². The van der Waals surface area contributed by atoms with Crippen molar-refractivity contribution in [3.05, 3.63) is 71.8 Å². The number of rotatable bonds is 10. The monoisotopic (exact) mass is 359 g/mol. The molecule has 0 amide bonds. The van der Waals surface area contributed by atoms with Crippen molar-refractivity contribution >= 4 is 24.4 Å². The molecule has 130 valence electrons. The third-order valence-electron chi connectivity index (χ3n) is 4.06. The highest BCUT2D eigenvalue weighted by Crippen LogP contribution is 2.21. The van der Waals surface area contributed by atoms with Gasteiger partial charge in [0.15, 0.2) is 0 Å². The molecule has 2 aromatic carbocycles. The van der Waals surface area contributed by atoms with Crippen LogP contribution in [0.3, 0.4) is 0 Å². The van der Waals surface area contributed by atoms with Crippen LogP contribution in [0.5, 0.6) is 0 Å². The van der Waals surface area contributed by atoms with Crippen molar-refractivity contribution in [1.82, 2.24) is 4.90 Å². The molecule has 0 heterocycles. The van der Waals surface area contributed by atoms with Gasteiger partial charge in [-0.1, -0.05) is 74.5 Å². The third-order valence-corrected chi connectivity index (χ3v) is 5.56. The normalized spacial score (nSPS) is 12.7. The molecule has 0 saturated heterocycles. The Balaban J connectivity index is 2.14. The molecule has 0 saturated carbocycles. The van der Waals surface area contributed by atoms with E-state index in [2.05, 4.69) is 104 Å². The lowest BCUT2D eigenvalue weighted by Gasteiger charge is -2.32. The highest BCUT2D eigenvalue weighted by Gasteiger charge is 2.19. The van der Waals surface area contributed by atoms with E-state index in [4.69, 9.17) is 0 Å². The van der Waals surface area contributed by atoms with E-state index < -0.39 is 0 Å². The predicted molar refractivity (Wildman–Crippen MR) is 112 cm³/mol. The maximum absolute atomic E-state index is 4.52. The maximum Gasteiger partial charge on any atom is 0.0240 e. The van der Waals surface area contributed by atoms with Gasteiger partial charge in [0.25, 0.3) is 0 Å². The van der Waals surface area contributed by atoms with Gasteiger partial charge in [0.1, 0.15) is 0 Å². The fourth-order valence-corrected chi connectivity index (χ4v) is 4.06. The molecule has 0 radical (unpaired) electrons. The van der Waals surface area contributed by atoms with E-state index in [1.807, 2.05) is 0 Å². The van der Waals surface area contributed by atoms with Gasteiger partial charge >= 0.3 is 0 Å². The lowest BCUT2D eigenvalue weighted by molar-refractivity contribution is 0.190. The van der Waals surface area contributed by atoms with Gasteiger partial charge in [0.05, 0.1) is 0 Å².